The third kappa shape index (κ3) is 5.06. The maximum absolute atomic E-state index is 12.1. The molecule has 5 nitrogen and oxygen atoms in total. The van der Waals surface area contributed by atoms with Gasteiger partial charge < -0.3 is 15.5 Å². The van der Waals surface area contributed by atoms with Crippen molar-refractivity contribution in [3.8, 4) is 0 Å². The van der Waals surface area contributed by atoms with Crippen molar-refractivity contribution >= 4 is 17.5 Å². The van der Waals surface area contributed by atoms with E-state index in [0.717, 1.165) is 31.7 Å². The molecule has 0 spiro atoms. The molecule has 2 unspecified atom stereocenters. The van der Waals surface area contributed by atoms with Gasteiger partial charge in [0, 0.05) is 30.3 Å². The maximum atomic E-state index is 12.1. The number of nitrogens with zero attached hydrogens (tertiary/aromatic N) is 1. The fourth-order valence-corrected chi connectivity index (χ4v) is 2.60. The molecule has 0 radical (unpaired) electrons. The zero-order valence-electron chi connectivity index (χ0n) is 14.3. The van der Waals surface area contributed by atoms with Gasteiger partial charge in [-0.15, -0.1) is 0 Å². The number of nitrogens with one attached hydrogen (secondary N) is 2. The number of anilines is 1. The fraction of sp³-hybridized carbons (Fsp3) is 0.556. The van der Waals surface area contributed by atoms with E-state index in [1.54, 1.807) is 24.3 Å². The van der Waals surface area contributed by atoms with Gasteiger partial charge in [0.1, 0.15) is 0 Å². The minimum atomic E-state index is -0.0779. The maximum Gasteiger partial charge on any atom is 0.251 e. The van der Waals surface area contributed by atoms with E-state index in [4.69, 9.17) is 0 Å². The summed E-state index contributed by atoms with van der Waals surface area (Å²) in [5, 5.41) is 5.82. The molecule has 2 amide bonds. The van der Waals surface area contributed by atoms with E-state index in [1.807, 2.05) is 0 Å². The highest BCUT2D eigenvalue weighted by Gasteiger charge is 2.39. The van der Waals surface area contributed by atoms with E-state index in [1.165, 1.54) is 0 Å². The van der Waals surface area contributed by atoms with Crippen LogP contribution in [-0.2, 0) is 4.79 Å². The highest BCUT2D eigenvalue weighted by Crippen LogP contribution is 2.38. The summed E-state index contributed by atoms with van der Waals surface area (Å²) in [5.41, 5.74) is 1.36. The Kier molecular flexibility index (Phi) is 6.16. The molecule has 5 heteroatoms. The summed E-state index contributed by atoms with van der Waals surface area (Å²) in [6, 6.07) is 7.06. The standard InChI is InChI=1S/C18H27N3O2/c1-4-21(5-2)11-10-19-17(22)14-6-8-15(9-7-14)20-18(23)16-12-13(16)3/h6-9,13,16H,4-5,10-12H2,1-3H3,(H,19,22)(H,20,23). The van der Waals surface area contributed by atoms with Gasteiger partial charge in [-0.2, -0.15) is 0 Å². The van der Waals surface area contributed by atoms with E-state index in [2.05, 4.69) is 36.3 Å². The predicted molar refractivity (Wildman–Crippen MR) is 92.5 cm³/mol. The molecule has 1 aliphatic rings. The first-order valence-corrected chi connectivity index (χ1v) is 8.46. The Bertz CT molecular complexity index is 538. The normalized spacial score (nSPS) is 19.5. The van der Waals surface area contributed by atoms with E-state index < -0.39 is 0 Å². The Hall–Kier alpha value is -1.88. The van der Waals surface area contributed by atoms with Crippen LogP contribution in [0.2, 0.25) is 0 Å². The largest absolute Gasteiger partial charge is 0.351 e. The van der Waals surface area contributed by atoms with Crippen molar-refractivity contribution in [2.24, 2.45) is 11.8 Å². The van der Waals surface area contributed by atoms with E-state index in [-0.39, 0.29) is 17.7 Å². The van der Waals surface area contributed by atoms with Gasteiger partial charge in [0.25, 0.3) is 5.91 Å². The molecular weight excluding hydrogens is 290 g/mol. The molecule has 2 N–H and O–H groups in total. The molecule has 23 heavy (non-hydrogen) atoms. The Morgan fingerprint density at radius 2 is 1.78 bits per heavy atom. The Labute approximate surface area is 138 Å². The molecule has 0 saturated heterocycles. The minimum absolute atomic E-state index is 0.0777. The Morgan fingerprint density at radius 3 is 2.30 bits per heavy atom. The summed E-state index contributed by atoms with van der Waals surface area (Å²) in [6.45, 7) is 9.77. The Balaban J connectivity index is 1.79. The van der Waals surface area contributed by atoms with E-state index in [9.17, 15) is 9.59 Å². The zero-order chi connectivity index (χ0) is 16.8. The lowest BCUT2D eigenvalue weighted by atomic mass is 10.2. The van der Waals surface area contributed by atoms with Crippen molar-refractivity contribution < 1.29 is 9.59 Å². The van der Waals surface area contributed by atoms with Crippen molar-refractivity contribution in [2.45, 2.75) is 27.2 Å². The molecule has 1 aromatic rings. The second kappa shape index (κ2) is 8.11. The third-order valence-corrected chi connectivity index (χ3v) is 4.47. The second-order valence-electron chi connectivity index (χ2n) is 6.17. The summed E-state index contributed by atoms with van der Waals surface area (Å²) in [5.74, 6) is 0.642. The lowest BCUT2D eigenvalue weighted by Crippen LogP contribution is -2.34. The van der Waals surface area contributed by atoms with Gasteiger partial charge in [0.2, 0.25) is 5.91 Å². The average molecular weight is 317 g/mol. The lowest BCUT2D eigenvalue weighted by Gasteiger charge is -2.18. The van der Waals surface area contributed by atoms with Crippen LogP contribution in [0.25, 0.3) is 0 Å². The summed E-state index contributed by atoms with van der Waals surface area (Å²) >= 11 is 0. The van der Waals surface area contributed by atoms with E-state index >= 15 is 0 Å². The molecule has 1 saturated carbocycles. The highest BCUT2D eigenvalue weighted by atomic mass is 16.2. The monoisotopic (exact) mass is 317 g/mol. The first-order chi connectivity index (χ1) is 11.0. The first kappa shape index (κ1) is 17.5. The molecule has 126 valence electrons. The van der Waals surface area contributed by atoms with Crippen molar-refractivity contribution in [1.82, 2.24) is 10.2 Å². The molecule has 0 aliphatic heterocycles. The van der Waals surface area contributed by atoms with Crippen LogP contribution in [0.15, 0.2) is 24.3 Å². The van der Waals surface area contributed by atoms with Crippen molar-refractivity contribution in [3.63, 3.8) is 0 Å². The summed E-state index contributed by atoms with van der Waals surface area (Å²) < 4.78 is 0. The van der Waals surface area contributed by atoms with Crippen LogP contribution in [0.5, 0.6) is 0 Å². The Morgan fingerprint density at radius 1 is 1.17 bits per heavy atom. The molecule has 0 heterocycles. The quantitative estimate of drug-likeness (QED) is 0.774. The topological polar surface area (TPSA) is 61.4 Å². The van der Waals surface area contributed by atoms with Gasteiger partial charge in [0.05, 0.1) is 0 Å². The van der Waals surface area contributed by atoms with Crippen LogP contribution < -0.4 is 10.6 Å². The van der Waals surface area contributed by atoms with Crippen molar-refractivity contribution in [3.05, 3.63) is 29.8 Å². The van der Waals surface area contributed by atoms with Crippen LogP contribution in [0.3, 0.4) is 0 Å². The van der Waals surface area contributed by atoms with Gasteiger partial charge >= 0.3 is 0 Å². The van der Waals surface area contributed by atoms with Gasteiger partial charge in [-0.3, -0.25) is 9.59 Å². The molecular formula is C18H27N3O2. The third-order valence-electron chi connectivity index (χ3n) is 4.47. The first-order valence-electron chi connectivity index (χ1n) is 8.46. The molecule has 0 aromatic heterocycles. The minimum Gasteiger partial charge on any atom is -0.351 e. The van der Waals surface area contributed by atoms with Crippen molar-refractivity contribution in [2.75, 3.05) is 31.5 Å². The number of likely N-dealkylation sites (N-methyl/N-ethyl adjacent to an activating group) is 1. The van der Waals surface area contributed by atoms with Gasteiger partial charge in [0.15, 0.2) is 0 Å². The van der Waals surface area contributed by atoms with Gasteiger partial charge in [-0.1, -0.05) is 20.8 Å². The zero-order valence-corrected chi connectivity index (χ0v) is 14.3. The summed E-state index contributed by atoms with van der Waals surface area (Å²) in [7, 11) is 0. The van der Waals surface area contributed by atoms with Gasteiger partial charge in [-0.25, -0.2) is 0 Å². The number of hydrogen-bond donors (Lipinski definition) is 2. The number of carbonyl (C=O) groups excluding carboxylic acids is 2. The summed E-state index contributed by atoms with van der Waals surface area (Å²) in [4.78, 5) is 26.2. The molecule has 2 atom stereocenters. The second-order valence-corrected chi connectivity index (χ2v) is 6.17. The number of hydrogen-bond acceptors (Lipinski definition) is 3. The smallest absolute Gasteiger partial charge is 0.251 e. The van der Waals surface area contributed by atoms with Crippen LogP contribution in [-0.4, -0.2) is 42.9 Å². The van der Waals surface area contributed by atoms with Crippen LogP contribution in [0.1, 0.15) is 37.6 Å². The SMILES string of the molecule is CCN(CC)CCNC(=O)c1ccc(NC(=O)C2CC2C)cc1. The molecule has 1 aliphatic carbocycles. The molecule has 1 aromatic carbocycles. The number of carbonyl (C=O) groups is 2. The number of amides is 2. The molecule has 0 bridgehead atoms. The molecule has 2 rings (SSSR count). The van der Waals surface area contributed by atoms with Crippen LogP contribution in [0, 0.1) is 11.8 Å². The fourth-order valence-electron chi connectivity index (χ4n) is 2.60. The molecule has 1 fully saturated rings. The van der Waals surface area contributed by atoms with Gasteiger partial charge in [-0.05, 0) is 49.7 Å². The number of rotatable bonds is 8. The predicted octanol–water partition coefficient (Wildman–Crippen LogP) is 2.35. The summed E-state index contributed by atoms with van der Waals surface area (Å²) in [6.07, 6.45) is 0.971. The highest BCUT2D eigenvalue weighted by molar-refractivity contribution is 5.96. The van der Waals surface area contributed by atoms with Crippen LogP contribution in [0.4, 0.5) is 5.69 Å². The number of benzene rings is 1. The lowest BCUT2D eigenvalue weighted by molar-refractivity contribution is -0.117. The van der Waals surface area contributed by atoms with E-state index in [0.29, 0.717) is 18.0 Å². The van der Waals surface area contributed by atoms with Crippen LogP contribution >= 0.6 is 0 Å². The average Bonchev–Trinajstić information content (AvgIpc) is 3.29. The van der Waals surface area contributed by atoms with Crippen molar-refractivity contribution in [1.29, 1.82) is 0 Å².